The molecule has 0 saturated carbocycles. The van der Waals surface area contributed by atoms with E-state index >= 15 is 0 Å². The summed E-state index contributed by atoms with van der Waals surface area (Å²) in [7, 11) is 0. The van der Waals surface area contributed by atoms with Gasteiger partial charge in [-0.1, -0.05) is 11.3 Å². The average Bonchev–Trinajstić information content (AvgIpc) is 3.08. The first-order valence-corrected chi connectivity index (χ1v) is 7.03. The van der Waals surface area contributed by atoms with Gasteiger partial charge in [-0.05, 0) is 18.9 Å². The van der Waals surface area contributed by atoms with Crippen molar-refractivity contribution in [1.82, 2.24) is 15.0 Å². The summed E-state index contributed by atoms with van der Waals surface area (Å²) in [5.41, 5.74) is 6.38. The molecular weight excluding hydrogens is 262 g/mol. The lowest BCUT2D eigenvalue weighted by molar-refractivity contribution is 0.120. The molecule has 1 aliphatic rings. The van der Waals surface area contributed by atoms with Gasteiger partial charge in [0.1, 0.15) is 0 Å². The summed E-state index contributed by atoms with van der Waals surface area (Å²) in [5.74, 6) is 0.278. The van der Waals surface area contributed by atoms with Crippen LogP contribution in [0.3, 0.4) is 0 Å². The number of anilines is 2. The molecule has 0 spiro atoms. The van der Waals surface area contributed by atoms with Gasteiger partial charge in [-0.2, -0.15) is 0 Å². The highest BCUT2D eigenvalue weighted by molar-refractivity contribution is 7.18. The van der Waals surface area contributed by atoms with Crippen LogP contribution in [-0.4, -0.2) is 34.2 Å². The van der Waals surface area contributed by atoms with Crippen LogP contribution >= 0.6 is 11.3 Å². The normalized spacial score (nSPS) is 18.6. The second-order valence-corrected chi connectivity index (χ2v) is 5.38. The van der Waals surface area contributed by atoms with E-state index in [1.165, 1.54) is 0 Å². The van der Waals surface area contributed by atoms with Crippen molar-refractivity contribution in [3.63, 3.8) is 0 Å². The molecule has 100 valence electrons. The molecule has 3 heterocycles. The number of nitrogen functional groups attached to an aromatic ring is 1. The van der Waals surface area contributed by atoms with Crippen LogP contribution in [0.1, 0.15) is 12.8 Å². The molecule has 1 saturated heterocycles. The lowest BCUT2D eigenvalue weighted by Gasteiger charge is -2.08. The Balaban J connectivity index is 1.65. The fraction of sp³-hybridized carbons (Fsp3) is 0.417. The lowest BCUT2D eigenvalue weighted by Crippen LogP contribution is -2.18. The van der Waals surface area contributed by atoms with Gasteiger partial charge in [-0.25, -0.2) is 15.0 Å². The van der Waals surface area contributed by atoms with E-state index in [1.54, 1.807) is 23.7 Å². The summed E-state index contributed by atoms with van der Waals surface area (Å²) in [6.07, 6.45) is 6.02. The standard InChI is InChI=1S/C12H15N5OS/c13-11-14-4-3-9(17-11)10-7-16-12(19-10)15-6-8-2-1-5-18-8/h3-4,7-8H,1-2,5-6H2,(H,15,16)(H2,13,14,17). The number of ether oxygens (including phenoxy) is 1. The number of aromatic nitrogens is 3. The third-order valence-electron chi connectivity index (χ3n) is 2.94. The monoisotopic (exact) mass is 277 g/mol. The molecule has 0 radical (unpaired) electrons. The molecule has 1 unspecified atom stereocenters. The summed E-state index contributed by atoms with van der Waals surface area (Å²) in [6.45, 7) is 1.68. The summed E-state index contributed by atoms with van der Waals surface area (Å²) in [4.78, 5) is 13.4. The minimum atomic E-state index is 0.278. The predicted octanol–water partition coefficient (Wildman–Crippen LogP) is 1.77. The Bertz CT molecular complexity index is 553. The largest absolute Gasteiger partial charge is 0.376 e. The Hall–Kier alpha value is -1.73. The van der Waals surface area contributed by atoms with Gasteiger partial charge >= 0.3 is 0 Å². The molecule has 6 nitrogen and oxygen atoms in total. The first-order valence-electron chi connectivity index (χ1n) is 6.21. The number of nitrogens with two attached hydrogens (primary N) is 1. The van der Waals surface area contributed by atoms with E-state index < -0.39 is 0 Å². The van der Waals surface area contributed by atoms with Crippen molar-refractivity contribution in [1.29, 1.82) is 0 Å². The van der Waals surface area contributed by atoms with E-state index in [9.17, 15) is 0 Å². The SMILES string of the molecule is Nc1nccc(-c2cnc(NCC3CCCO3)s2)n1. The number of nitrogens with one attached hydrogen (secondary N) is 1. The van der Waals surface area contributed by atoms with E-state index in [0.29, 0.717) is 6.10 Å². The molecular formula is C12H15N5OS. The van der Waals surface area contributed by atoms with E-state index in [4.69, 9.17) is 10.5 Å². The lowest BCUT2D eigenvalue weighted by atomic mass is 10.2. The predicted molar refractivity (Wildman–Crippen MR) is 75.0 cm³/mol. The molecule has 0 amide bonds. The number of hydrogen-bond donors (Lipinski definition) is 2. The Morgan fingerprint density at radius 1 is 1.47 bits per heavy atom. The third-order valence-corrected chi connectivity index (χ3v) is 3.91. The van der Waals surface area contributed by atoms with E-state index in [2.05, 4.69) is 20.3 Å². The topological polar surface area (TPSA) is 86.0 Å². The molecule has 3 rings (SSSR count). The fourth-order valence-corrected chi connectivity index (χ4v) is 2.78. The molecule has 19 heavy (non-hydrogen) atoms. The first-order chi connectivity index (χ1) is 9.31. The first kappa shape index (κ1) is 12.3. The van der Waals surface area contributed by atoms with Crippen molar-refractivity contribution in [3.05, 3.63) is 18.5 Å². The van der Waals surface area contributed by atoms with E-state index in [-0.39, 0.29) is 5.95 Å². The number of thiazole rings is 1. The van der Waals surface area contributed by atoms with Crippen LogP contribution in [0.25, 0.3) is 10.6 Å². The van der Waals surface area contributed by atoms with Gasteiger partial charge in [-0.15, -0.1) is 0 Å². The second-order valence-electron chi connectivity index (χ2n) is 4.35. The summed E-state index contributed by atoms with van der Waals surface area (Å²) in [5, 5.41) is 4.18. The number of nitrogens with zero attached hydrogens (tertiary/aromatic N) is 3. The molecule has 1 fully saturated rings. The average molecular weight is 277 g/mol. The van der Waals surface area contributed by atoms with Gasteiger partial charge in [0.15, 0.2) is 5.13 Å². The maximum Gasteiger partial charge on any atom is 0.220 e. The van der Waals surface area contributed by atoms with Gasteiger partial charge in [0.2, 0.25) is 5.95 Å². The molecule has 7 heteroatoms. The Morgan fingerprint density at radius 3 is 3.21 bits per heavy atom. The minimum Gasteiger partial charge on any atom is -0.376 e. The van der Waals surface area contributed by atoms with Gasteiger partial charge in [0, 0.05) is 25.5 Å². The molecule has 0 aliphatic carbocycles. The fourth-order valence-electron chi connectivity index (χ4n) is 1.99. The van der Waals surface area contributed by atoms with Crippen molar-refractivity contribution in [3.8, 4) is 10.6 Å². The van der Waals surface area contributed by atoms with Crippen LogP contribution in [-0.2, 0) is 4.74 Å². The van der Waals surface area contributed by atoms with Crippen molar-refractivity contribution < 1.29 is 4.74 Å². The van der Waals surface area contributed by atoms with Crippen molar-refractivity contribution in [2.24, 2.45) is 0 Å². The zero-order valence-electron chi connectivity index (χ0n) is 10.4. The van der Waals surface area contributed by atoms with Crippen LogP contribution in [0.4, 0.5) is 11.1 Å². The molecule has 1 aliphatic heterocycles. The number of hydrogen-bond acceptors (Lipinski definition) is 7. The Morgan fingerprint density at radius 2 is 2.42 bits per heavy atom. The van der Waals surface area contributed by atoms with Gasteiger partial charge in [0.05, 0.1) is 16.7 Å². The maximum atomic E-state index is 5.57. The summed E-state index contributed by atoms with van der Waals surface area (Å²) < 4.78 is 5.56. The zero-order chi connectivity index (χ0) is 13.1. The molecule has 0 aromatic carbocycles. The van der Waals surface area contributed by atoms with Crippen molar-refractivity contribution >= 4 is 22.4 Å². The van der Waals surface area contributed by atoms with Crippen LogP contribution in [0.2, 0.25) is 0 Å². The van der Waals surface area contributed by atoms with E-state index in [0.717, 1.165) is 41.7 Å². The molecule has 2 aromatic rings. The van der Waals surface area contributed by atoms with Crippen molar-refractivity contribution in [2.45, 2.75) is 18.9 Å². The van der Waals surface area contributed by atoms with Crippen molar-refractivity contribution in [2.75, 3.05) is 24.2 Å². The highest BCUT2D eigenvalue weighted by Crippen LogP contribution is 2.27. The maximum absolute atomic E-state index is 5.57. The molecule has 0 bridgehead atoms. The molecule has 3 N–H and O–H groups in total. The Kier molecular flexibility index (Phi) is 3.56. The van der Waals surface area contributed by atoms with Crippen LogP contribution < -0.4 is 11.1 Å². The van der Waals surface area contributed by atoms with Crippen LogP contribution in [0, 0.1) is 0 Å². The smallest absolute Gasteiger partial charge is 0.220 e. The van der Waals surface area contributed by atoms with Gasteiger partial charge in [-0.3, -0.25) is 0 Å². The third kappa shape index (κ3) is 2.99. The second kappa shape index (κ2) is 5.50. The van der Waals surface area contributed by atoms with Gasteiger partial charge in [0.25, 0.3) is 0 Å². The zero-order valence-corrected chi connectivity index (χ0v) is 11.2. The number of rotatable bonds is 4. The quantitative estimate of drug-likeness (QED) is 0.886. The van der Waals surface area contributed by atoms with E-state index in [1.807, 2.05) is 6.07 Å². The highest BCUT2D eigenvalue weighted by Gasteiger charge is 2.15. The van der Waals surface area contributed by atoms with Crippen LogP contribution in [0.5, 0.6) is 0 Å². The highest BCUT2D eigenvalue weighted by atomic mass is 32.1. The summed E-state index contributed by atoms with van der Waals surface area (Å²) in [6, 6.07) is 1.83. The molecule has 1 atom stereocenters. The van der Waals surface area contributed by atoms with Gasteiger partial charge < -0.3 is 15.8 Å². The molecule has 2 aromatic heterocycles. The van der Waals surface area contributed by atoms with Crippen LogP contribution in [0.15, 0.2) is 18.5 Å². The Labute approximate surface area is 115 Å². The minimum absolute atomic E-state index is 0.278. The summed E-state index contributed by atoms with van der Waals surface area (Å²) >= 11 is 1.55.